The molecule has 3 N–H and O–H groups in total. The van der Waals surface area contributed by atoms with Gasteiger partial charge in [-0.15, -0.1) is 0 Å². The molecule has 0 aliphatic heterocycles. The summed E-state index contributed by atoms with van der Waals surface area (Å²) in [6.45, 7) is 3.12. The molecule has 0 fully saturated rings. The predicted octanol–water partition coefficient (Wildman–Crippen LogP) is 2.84. The highest BCUT2D eigenvalue weighted by Crippen LogP contribution is 2.15. The van der Waals surface area contributed by atoms with Crippen molar-refractivity contribution in [2.75, 3.05) is 16.0 Å². The number of nitrogens with zero attached hydrogens (tertiary/aromatic N) is 2. The summed E-state index contributed by atoms with van der Waals surface area (Å²) in [5, 5.41) is 11.6. The van der Waals surface area contributed by atoms with Crippen LogP contribution in [0.5, 0.6) is 0 Å². The van der Waals surface area contributed by atoms with Crippen molar-refractivity contribution in [3.8, 4) is 0 Å². The molecule has 142 valence electrons. The van der Waals surface area contributed by atoms with Crippen molar-refractivity contribution in [3.05, 3.63) is 65.7 Å². The molecule has 2 heterocycles. The van der Waals surface area contributed by atoms with Gasteiger partial charge in [-0.05, 0) is 43.3 Å². The lowest BCUT2D eigenvalue weighted by atomic mass is 10.2. The van der Waals surface area contributed by atoms with Crippen molar-refractivity contribution >= 4 is 34.9 Å². The van der Waals surface area contributed by atoms with Crippen molar-refractivity contribution in [1.29, 1.82) is 0 Å². The van der Waals surface area contributed by atoms with Crippen LogP contribution in [-0.4, -0.2) is 27.9 Å². The third-order valence-corrected chi connectivity index (χ3v) is 3.59. The van der Waals surface area contributed by atoms with E-state index in [2.05, 4.69) is 26.1 Å². The van der Waals surface area contributed by atoms with Gasteiger partial charge >= 0.3 is 0 Å². The van der Waals surface area contributed by atoms with Crippen molar-refractivity contribution in [3.63, 3.8) is 0 Å². The number of aryl methyl sites for hydroxylation is 1. The minimum absolute atomic E-state index is 0.0642. The highest BCUT2D eigenvalue weighted by Gasteiger charge is 2.14. The van der Waals surface area contributed by atoms with Crippen molar-refractivity contribution in [1.82, 2.24) is 10.1 Å². The number of carbonyl (C=O) groups is 3. The van der Waals surface area contributed by atoms with Crippen LogP contribution in [-0.2, 0) is 4.79 Å². The van der Waals surface area contributed by atoms with Crippen molar-refractivity contribution in [2.45, 2.75) is 13.8 Å². The van der Waals surface area contributed by atoms with Gasteiger partial charge in [0.25, 0.3) is 11.8 Å². The van der Waals surface area contributed by atoms with E-state index < -0.39 is 11.8 Å². The number of hydrogen-bond acceptors (Lipinski definition) is 6. The number of aromatic nitrogens is 2. The number of hydrogen-bond donors (Lipinski definition) is 3. The van der Waals surface area contributed by atoms with Gasteiger partial charge in [0.05, 0.1) is 0 Å². The topological polar surface area (TPSA) is 126 Å². The third-order valence-electron chi connectivity index (χ3n) is 3.59. The Labute approximate surface area is 160 Å². The SMILES string of the molecule is CC(=O)Nc1ccc(NC(=O)c2ccnc(C(=O)Nc3cc(C)on3)c2)cc1. The number of pyridine rings is 1. The molecule has 0 bridgehead atoms. The van der Waals surface area contributed by atoms with Gasteiger partial charge in [0, 0.05) is 36.1 Å². The average molecular weight is 379 g/mol. The van der Waals surface area contributed by atoms with Crippen molar-refractivity contribution < 1.29 is 18.9 Å². The molecule has 1 aromatic carbocycles. The van der Waals surface area contributed by atoms with Crippen LogP contribution in [0.2, 0.25) is 0 Å². The lowest BCUT2D eigenvalue weighted by molar-refractivity contribution is -0.114. The number of nitrogens with one attached hydrogen (secondary N) is 3. The van der Waals surface area contributed by atoms with Crippen molar-refractivity contribution in [2.24, 2.45) is 0 Å². The Bertz CT molecular complexity index is 1030. The predicted molar refractivity (Wildman–Crippen MR) is 102 cm³/mol. The zero-order valence-corrected chi connectivity index (χ0v) is 15.1. The maximum Gasteiger partial charge on any atom is 0.275 e. The minimum Gasteiger partial charge on any atom is -0.360 e. The van der Waals surface area contributed by atoms with Gasteiger partial charge in [-0.3, -0.25) is 19.4 Å². The van der Waals surface area contributed by atoms with Crippen LogP contribution in [0.15, 0.2) is 53.2 Å². The van der Waals surface area contributed by atoms with Gasteiger partial charge in [-0.1, -0.05) is 5.16 Å². The van der Waals surface area contributed by atoms with Gasteiger partial charge in [-0.25, -0.2) is 0 Å². The van der Waals surface area contributed by atoms with E-state index in [1.165, 1.54) is 25.3 Å². The second-order valence-corrected chi connectivity index (χ2v) is 5.92. The molecule has 3 rings (SSSR count). The normalized spacial score (nSPS) is 10.2. The number of rotatable bonds is 5. The van der Waals surface area contributed by atoms with E-state index in [-0.39, 0.29) is 23.0 Å². The molecule has 9 nitrogen and oxygen atoms in total. The molecule has 0 spiro atoms. The van der Waals surface area contributed by atoms with Crippen LogP contribution < -0.4 is 16.0 Å². The summed E-state index contributed by atoms with van der Waals surface area (Å²) in [5.74, 6) is -0.275. The van der Waals surface area contributed by atoms with Crippen LogP contribution in [0, 0.1) is 6.92 Å². The summed E-state index contributed by atoms with van der Waals surface area (Å²) in [6.07, 6.45) is 1.37. The van der Waals surface area contributed by atoms with Gasteiger partial charge in [-0.2, -0.15) is 0 Å². The van der Waals surface area contributed by atoms with Crippen LogP contribution in [0.3, 0.4) is 0 Å². The third kappa shape index (κ3) is 4.79. The number of anilines is 3. The lowest BCUT2D eigenvalue weighted by Crippen LogP contribution is -2.17. The molecular formula is C19H17N5O4. The van der Waals surface area contributed by atoms with Gasteiger partial charge in [0.1, 0.15) is 11.5 Å². The second-order valence-electron chi connectivity index (χ2n) is 5.92. The van der Waals surface area contributed by atoms with Crippen LogP contribution in [0.25, 0.3) is 0 Å². The molecule has 2 aromatic heterocycles. The van der Waals surface area contributed by atoms with E-state index in [9.17, 15) is 14.4 Å². The molecule has 3 aromatic rings. The van der Waals surface area contributed by atoms with Crippen LogP contribution in [0.4, 0.5) is 17.2 Å². The molecule has 28 heavy (non-hydrogen) atoms. The maximum absolute atomic E-state index is 12.4. The summed E-state index contributed by atoms with van der Waals surface area (Å²) in [6, 6.07) is 11.1. The zero-order chi connectivity index (χ0) is 20.1. The summed E-state index contributed by atoms with van der Waals surface area (Å²) in [5.41, 5.74) is 1.49. The molecule has 0 radical (unpaired) electrons. The number of benzene rings is 1. The molecule has 3 amide bonds. The Kier molecular flexibility index (Phi) is 5.45. The Hall–Kier alpha value is -4.01. The summed E-state index contributed by atoms with van der Waals surface area (Å²) in [4.78, 5) is 39.7. The number of carbonyl (C=O) groups excluding carboxylic acids is 3. The summed E-state index contributed by atoms with van der Waals surface area (Å²) >= 11 is 0. The largest absolute Gasteiger partial charge is 0.360 e. The fourth-order valence-corrected chi connectivity index (χ4v) is 2.35. The summed E-state index contributed by atoms with van der Waals surface area (Å²) in [7, 11) is 0. The van der Waals surface area contributed by atoms with E-state index >= 15 is 0 Å². The van der Waals surface area contributed by atoms with Crippen LogP contribution in [0.1, 0.15) is 33.5 Å². The molecule has 0 unspecified atom stereocenters. The van der Waals surface area contributed by atoms with E-state index in [0.29, 0.717) is 17.1 Å². The first-order valence-corrected chi connectivity index (χ1v) is 8.30. The molecular weight excluding hydrogens is 362 g/mol. The molecule has 0 atom stereocenters. The molecule has 0 aliphatic rings. The highest BCUT2D eigenvalue weighted by atomic mass is 16.5. The van der Waals surface area contributed by atoms with Gasteiger partial charge in [0.2, 0.25) is 5.91 Å². The second kappa shape index (κ2) is 8.12. The number of amides is 3. The Morgan fingerprint density at radius 3 is 2.18 bits per heavy atom. The average Bonchev–Trinajstić information content (AvgIpc) is 3.07. The fourth-order valence-electron chi connectivity index (χ4n) is 2.35. The van der Waals surface area contributed by atoms with Gasteiger partial charge < -0.3 is 20.5 Å². The first kappa shape index (κ1) is 18.8. The Morgan fingerprint density at radius 2 is 1.57 bits per heavy atom. The molecule has 0 saturated carbocycles. The quantitative estimate of drug-likeness (QED) is 0.626. The van der Waals surface area contributed by atoms with E-state index in [0.717, 1.165) is 0 Å². The van der Waals surface area contributed by atoms with E-state index in [1.807, 2.05) is 0 Å². The minimum atomic E-state index is -0.511. The van der Waals surface area contributed by atoms with E-state index in [1.54, 1.807) is 37.3 Å². The smallest absolute Gasteiger partial charge is 0.275 e. The zero-order valence-electron chi connectivity index (χ0n) is 15.1. The molecule has 0 aliphatic carbocycles. The highest BCUT2D eigenvalue weighted by molar-refractivity contribution is 6.07. The monoisotopic (exact) mass is 379 g/mol. The van der Waals surface area contributed by atoms with E-state index in [4.69, 9.17) is 4.52 Å². The first-order valence-electron chi connectivity index (χ1n) is 8.30. The summed E-state index contributed by atoms with van der Waals surface area (Å²) < 4.78 is 4.89. The first-order chi connectivity index (χ1) is 13.4. The molecule has 0 saturated heterocycles. The lowest BCUT2D eigenvalue weighted by Gasteiger charge is -2.08. The Balaban J connectivity index is 1.68. The van der Waals surface area contributed by atoms with Gasteiger partial charge in [0.15, 0.2) is 5.82 Å². The standard InChI is InChI=1S/C19H17N5O4/c1-11-9-17(24-28-11)23-19(27)16-10-13(7-8-20-16)18(26)22-15-5-3-14(4-6-15)21-12(2)25/h3-10H,1-2H3,(H,21,25)(H,22,26)(H,23,24,27). The maximum atomic E-state index is 12.4. The molecule has 9 heteroatoms. The Morgan fingerprint density at radius 1 is 0.893 bits per heavy atom. The van der Waals surface area contributed by atoms with Crippen LogP contribution >= 0.6 is 0 Å². The fraction of sp³-hybridized carbons (Fsp3) is 0.105.